The van der Waals surface area contributed by atoms with Crippen molar-refractivity contribution in [2.24, 2.45) is 0 Å². The fraction of sp³-hybridized carbons (Fsp3) is 0.625. The van der Waals surface area contributed by atoms with Crippen molar-refractivity contribution in [1.82, 2.24) is 0 Å². The van der Waals surface area contributed by atoms with E-state index in [0.29, 0.717) is 19.8 Å². The first kappa shape index (κ1) is 18.8. The Balaban J connectivity index is 2.54. The molecule has 0 aromatic heterocycles. The van der Waals surface area contributed by atoms with Crippen molar-refractivity contribution < 1.29 is 13.3 Å². The molecular weight excluding hydrogens is 348 g/mol. The average molecular weight is 375 g/mol. The van der Waals surface area contributed by atoms with Crippen LogP contribution in [-0.4, -0.2) is 28.6 Å². The molecule has 0 amide bonds. The lowest BCUT2D eigenvalue weighted by Gasteiger charge is -2.28. The first-order valence-corrected chi connectivity index (χ1v) is 10.8. The molecule has 0 atom stereocenters. The Labute approximate surface area is 138 Å². The fourth-order valence-electron chi connectivity index (χ4n) is 2.31. The van der Waals surface area contributed by atoms with Crippen LogP contribution in [0, 0.1) is 0 Å². The number of hydrogen-bond donors (Lipinski definition) is 0. The Kier molecular flexibility index (Phi) is 9.43. The molecule has 0 saturated heterocycles. The summed E-state index contributed by atoms with van der Waals surface area (Å²) in [5.41, 5.74) is 2.66. The van der Waals surface area contributed by atoms with Crippen LogP contribution >= 0.6 is 15.9 Å². The summed E-state index contributed by atoms with van der Waals surface area (Å²) in [6.07, 6.45) is 2.06. The van der Waals surface area contributed by atoms with Gasteiger partial charge in [-0.25, -0.2) is 0 Å². The van der Waals surface area contributed by atoms with Crippen molar-refractivity contribution in [1.29, 1.82) is 0 Å². The third-order valence-corrected chi connectivity index (χ3v) is 7.02. The summed E-state index contributed by atoms with van der Waals surface area (Å²) in [6, 6.07) is 9.61. The number of benzene rings is 1. The van der Waals surface area contributed by atoms with Crippen LogP contribution in [-0.2, 0) is 25.0 Å². The summed E-state index contributed by atoms with van der Waals surface area (Å²) in [7, 11) is -2.47. The van der Waals surface area contributed by atoms with Crippen LogP contribution in [0.25, 0.3) is 0 Å². The van der Waals surface area contributed by atoms with E-state index in [1.165, 1.54) is 11.1 Å². The maximum absolute atomic E-state index is 5.87. The van der Waals surface area contributed by atoms with E-state index in [1.54, 1.807) is 0 Å². The smallest absolute Gasteiger partial charge is 0.374 e. The molecule has 0 aliphatic rings. The molecule has 0 heterocycles. The number of alkyl halides is 1. The lowest BCUT2D eigenvalue weighted by molar-refractivity contribution is 0.0708. The van der Waals surface area contributed by atoms with Gasteiger partial charge in [0.25, 0.3) is 0 Å². The number of halogens is 1. The molecule has 1 rings (SSSR count). The monoisotopic (exact) mass is 374 g/mol. The molecule has 0 radical (unpaired) electrons. The Bertz CT molecular complexity index is 367. The maximum Gasteiger partial charge on any atom is 0.500 e. The highest BCUT2D eigenvalue weighted by atomic mass is 79.9. The predicted octanol–water partition coefficient (Wildman–Crippen LogP) is 4.56. The Morgan fingerprint density at radius 1 is 0.857 bits per heavy atom. The summed E-state index contributed by atoms with van der Waals surface area (Å²) in [6.45, 7) is 7.93. The topological polar surface area (TPSA) is 27.7 Å². The lowest BCUT2D eigenvalue weighted by Crippen LogP contribution is -2.46. The molecule has 21 heavy (non-hydrogen) atoms. The molecule has 1 aromatic carbocycles. The molecule has 120 valence electrons. The van der Waals surface area contributed by atoms with Crippen molar-refractivity contribution in [2.45, 2.75) is 45.0 Å². The summed E-state index contributed by atoms with van der Waals surface area (Å²) >= 11 is 3.47. The normalized spacial score (nSPS) is 11.8. The second-order valence-electron chi connectivity index (χ2n) is 4.79. The third-order valence-electron chi connectivity index (χ3n) is 3.22. The zero-order valence-electron chi connectivity index (χ0n) is 13.4. The van der Waals surface area contributed by atoms with Gasteiger partial charge >= 0.3 is 8.80 Å². The van der Waals surface area contributed by atoms with Crippen molar-refractivity contribution >= 4 is 24.7 Å². The van der Waals surface area contributed by atoms with Gasteiger partial charge in [-0.2, -0.15) is 0 Å². The summed E-state index contributed by atoms with van der Waals surface area (Å²) in [5.74, 6) is 0. The van der Waals surface area contributed by atoms with Crippen LogP contribution in [0.2, 0.25) is 6.04 Å². The van der Waals surface area contributed by atoms with E-state index >= 15 is 0 Å². The van der Waals surface area contributed by atoms with Crippen LogP contribution in [0.15, 0.2) is 24.3 Å². The molecule has 5 heteroatoms. The second kappa shape index (κ2) is 10.5. The van der Waals surface area contributed by atoms with Crippen LogP contribution in [0.5, 0.6) is 0 Å². The van der Waals surface area contributed by atoms with Gasteiger partial charge < -0.3 is 13.3 Å². The number of rotatable bonds is 11. The van der Waals surface area contributed by atoms with Crippen molar-refractivity contribution in [3.8, 4) is 0 Å². The molecular formula is C16H27BrO3Si. The zero-order valence-corrected chi connectivity index (χ0v) is 15.9. The van der Waals surface area contributed by atoms with Crippen LogP contribution in [0.3, 0.4) is 0 Å². The SMILES string of the molecule is CCO[Si](CCCc1ccc(CBr)cc1)(OCC)OCC. The minimum Gasteiger partial charge on any atom is -0.374 e. The van der Waals surface area contributed by atoms with Gasteiger partial charge in [0.2, 0.25) is 0 Å². The van der Waals surface area contributed by atoms with Gasteiger partial charge in [-0.3, -0.25) is 0 Å². The highest BCUT2D eigenvalue weighted by Crippen LogP contribution is 2.20. The van der Waals surface area contributed by atoms with Crippen LogP contribution in [0.4, 0.5) is 0 Å². The first-order valence-electron chi connectivity index (χ1n) is 7.75. The maximum atomic E-state index is 5.87. The van der Waals surface area contributed by atoms with E-state index in [1.807, 2.05) is 20.8 Å². The zero-order chi connectivity index (χ0) is 15.6. The Hall–Kier alpha value is -0.203. The van der Waals surface area contributed by atoms with Crippen LogP contribution in [0.1, 0.15) is 38.3 Å². The van der Waals surface area contributed by atoms with E-state index < -0.39 is 8.80 Å². The molecule has 0 saturated carbocycles. The Morgan fingerprint density at radius 2 is 1.33 bits per heavy atom. The predicted molar refractivity (Wildman–Crippen MR) is 92.8 cm³/mol. The first-order chi connectivity index (χ1) is 10.2. The highest BCUT2D eigenvalue weighted by Gasteiger charge is 2.39. The molecule has 0 spiro atoms. The molecule has 1 aromatic rings. The van der Waals surface area contributed by atoms with Crippen molar-refractivity contribution in [3.05, 3.63) is 35.4 Å². The molecule has 3 nitrogen and oxygen atoms in total. The number of aryl methyl sites for hydroxylation is 1. The third kappa shape index (κ3) is 6.61. The standard InChI is InChI=1S/C16H27BrO3Si/c1-4-18-21(19-5-2,20-6-3)13-7-8-15-9-11-16(14-17)12-10-15/h9-12H,4-8,13-14H2,1-3H3. The molecule has 0 unspecified atom stereocenters. The van der Waals surface area contributed by atoms with Gasteiger partial charge in [-0.15, -0.1) is 0 Å². The molecule has 0 aliphatic carbocycles. The lowest BCUT2D eigenvalue weighted by atomic mass is 10.1. The van der Waals surface area contributed by atoms with E-state index in [9.17, 15) is 0 Å². The minimum atomic E-state index is -2.47. The quantitative estimate of drug-likeness (QED) is 0.419. The minimum absolute atomic E-state index is 0.645. The van der Waals surface area contributed by atoms with Gasteiger partial charge in [0.15, 0.2) is 0 Å². The Morgan fingerprint density at radius 3 is 1.76 bits per heavy atom. The summed E-state index contributed by atoms with van der Waals surface area (Å²) in [5, 5.41) is 0.905. The molecule has 0 N–H and O–H groups in total. The highest BCUT2D eigenvalue weighted by molar-refractivity contribution is 9.08. The molecule has 0 bridgehead atoms. The van der Waals surface area contributed by atoms with Gasteiger partial charge in [-0.05, 0) is 44.7 Å². The molecule has 0 fully saturated rings. The van der Waals surface area contributed by atoms with E-state index in [-0.39, 0.29) is 0 Å². The average Bonchev–Trinajstić information content (AvgIpc) is 2.49. The largest absolute Gasteiger partial charge is 0.500 e. The fourth-order valence-corrected chi connectivity index (χ4v) is 5.29. The van der Waals surface area contributed by atoms with E-state index in [0.717, 1.165) is 24.2 Å². The summed E-state index contributed by atoms with van der Waals surface area (Å²) in [4.78, 5) is 0. The van der Waals surface area contributed by atoms with Gasteiger partial charge in [0.05, 0.1) is 0 Å². The summed E-state index contributed by atoms with van der Waals surface area (Å²) < 4.78 is 17.6. The van der Waals surface area contributed by atoms with Gasteiger partial charge in [-0.1, -0.05) is 40.2 Å². The van der Waals surface area contributed by atoms with Crippen molar-refractivity contribution in [3.63, 3.8) is 0 Å². The second-order valence-corrected chi connectivity index (χ2v) is 8.08. The van der Waals surface area contributed by atoms with Gasteiger partial charge in [0, 0.05) is 31.2 Å². The van der Waals surface area contributed by atoms with E-state index in [2.05, 4.69) is 40.2 Å². The van der Waals surface area contributed by atoms with Gasteiger partial charge in [0.1, 0.15) is 0 Å². The van der Waals surface area contributed by atoms with E-state index in [4.69, 9.17) is 13.3 Å². The molecule has 0 aliphatic heterocycles. The van der Waals surface area contributed by atoms with Crippen LogP contribution < -0.4 is 0 Å². The number of hydrogen-bond acceptors (Lipinski definition) is 3. The van der Waals surface area contributed by atoms with Crippen molar-refractivity contribution in [2.75, 3.05) is 19.8 Å².